The fraction of sp³-hybridized carbons (Fsp3) is 1.00. The molecule has 13 heavy (non-hydrogen) atoms. The number of hydrogen-bond donors (Lipinski definition) is 1. The van der Waals surface area contributed by atoms with E-state index in [0.717, 1.165) is 19.5 Å². The number of hydrogen-bond acceptors (Lipinski definition) is 4. The third kappa shape index (κ3) is 3.47. The number of nitrogens with zero attached hydrogens (tertiary/aromatic N) is 2. The summed E-state index contributed by atoms with van der Waals surface area (Å²) in [5, 5.41) is 2.98. The standard InChI is InChI=1S/C8H17IN3O/c1-9-8(10)6-12-4-2-3-7(12)5-11-13/h7-8H,2-6,10H2,1H3/q-1/t7?,8-/m1/s1. The molecule has 0 bridgehead atoms. The van der Waals surface area contributed by atoms with Crippen molar-refractivity contribution in [2.45, 2.75) is 22.9 Å². The molecule has 0 radical (unpaired) electrons. The van der Waals surface area contributed by atoms with Crippen molar-refractivity contribution in [1.82, 2.24) is 4.90 Å². The van der Waals surface area contributed by atoms with Crippen LogP contribution in [-0.4, -0.2) is 39.6 Å². The maximum absolute atomic E-state index is 10.2. The summed E-state index contributed by atoms with van der Waals surface area (Å²) >= 11 is 0.125. The van der Waals surface area contributed by atoms with Gasteiger partial charge < -0.3 is 0 Å². The van der Waals surface area contributed by atoms with Crippen LogP contribution in [0.1, 0.15) is 12.8 Å². The molecule has 1 fully saturated rings. The number of likely N-dealkylation sites (tertiary alicyclic amines) is 1. The molecular formula is C8H17IN3O-. The van der Waals surface area contributed by atoms with Crippen molar-refractivity contribution >= 4 is 0 Å². The normalized spacial score (nSPS) is 26.5. The van der Waals surface area contributed by atoms with E-state index in [2.05, 4.69) is 15.0 Å². The molecular weight excluding hydrogens is 281 g/mol. The van der Waals surface area contributed by atoms with Gasteiger partial charge in [0.25, 0.3) is 0 Å². The second-order valence-electron chi connectivity index (χ2n) is 3.34. The van der Waals surface area contributed by atoms with Crippen LogP contribution in [0.25, 0.3) is 0 Å². The molecule has 2 atom stereocenters. The predicted octanol–water partition coefficient (Wildman–Crippen LogP) is -2.78. The molecule has 1 aliphatic rings. The maximum atomic E-state index is 10.2. The Morgan fingerprint density at radius 3 is 3.15 bits per heavy atom. The van der Waals surface area contributed by atoms with Crippen LogP contribution in [0.2, 0.25) is 0 Å². The number of nitroso groups, excluding NO2 is 1. The van der Waals surface area contributed by atoms with E-state index in [0.29, 0.717) is 16.6 Å². The van der Waals surface area contributed by atoms with E-state index in [-0.39, 0.29) is 21.2 Å². The summed E-state index contributed by atoms with van der Waals surface area (Å²) in [5.74, 6) is 0. The Hall–Kier alpha value is 0.250. The minimum absolute atomic E-state index is 0.125. The molecule has 0 spiro atoms. The Bertz CT molecular complexity index is 167. The van der Waals surface area contributed by atoms with Crippen molar-refractivity contribution in [2.75, 3.05) is 24.6 Å². The molecule has 0 aromatic carbocycles. The first-order valence-corrected chi connectivity index (χ1v) is 7.95. The molecule has 0 aromatic heterocycles. The summed E-state index contributed by atoms with van der Waals surface area (Å²) in [6.07, 6.45) is 2.30. The zero-order chi connectivity index (χ0) is 9.68. The van der Waals surface area contributed by atoms with Gasteiger partial charge in [0, 0.05) is 0 Å². The van der Waals surface area contributed by atoms with Gasteiger partial charge in [-0.1, -0.05) is 0 Å². The van der Waals surface area contributed by atoms with E-state index in [1.807, 2.05) is 0 Å². The number of nitrogens with two attached hydrogens (primary N) is 1. The zero-order valence-corrected chi connectivity index (χ0v) is 10.1. The SMILES string of the molecule is C[I-][C@H](N)CN1CCCC1CN=O. The van der Waals surface area contributed by atoms with Gasteiger partial charge in [0.1, 0.15) is 0 Å². The van der Waals surface area contributed by atoms with Crippen LogP contribution in [0.15, 0.2) is 5.18 Å². The van der Waals surface area contributed by atoms with Crippen LogP contribution >= 0.6 is 0 Å². The van der Waals surface area contributed by atoms with Crippen LogP contribution in [0.5, 0.6) is 0 Å². The number of halogens is 1. The zero-order valence-electron chi connectivity index (χ0n) is 7.95. The van der Waals surface area contributed by atoms with Crippen LogP contribution < -0.4 is 26.9 Å². The molecule has 1 rings (SSSR count). The van der Waals surface area contributed by atoms with E-state index in [4.69, 9.17) is 5.73 Å². The van der Waals surface area contributed by atoms with Gasteiger partial charge in [-0.3, -0.25) is 0 Å². The molecule has 78 valence electrons. The fourth-order valence-corrected chi connectivity index (χ4v) is 2.62. The molecule has 0 aromatic rings. The summed E-state index contributed by atoms with van der Waals surface area (Å²) in [4.78, 5) is 14.7. The van der Waals surface area contributed by atoms with Gasteiger partial charge in [0.05, 0.1) is 0 Å². The third-order valence-corrected chi connectivity index (χ3v) is 4.47. The predicted molar refractivity (Wildman–Crippen MR) is 49.2 cm³/mol. The Morgan fingerprint density at radius 2 is 2.54 bits per heavy atom. The van der Waals surface area contributed by atoms with Crippen molar-refractivity contribution < 1.29 is 21.2 Å². The topological polar surface area (TPSA) is 58.7 Å². The van der Waals surface area contributed by atoms with E-state index >= 15 is 0 Å². The van der Waals surface area contributed by atoms with Gasteiger partial charge in [-0.2, -0.15) is 0 Å². The van der Waals surface area contributed by atoms with Gasteiger partial charge in [-0.15, -0.1) is 0 Å². The first-order valence-electron chi connectivity index (χ1n) is 4.54. The average molecular weight is 298 g/mol. The summed E-state index contributed by atoms with van der Waals surface area (Å²) in [6, 6.07) is 0.374. The second kappa shape index (κ2) is 5.87. The van der Waals surface area contributed by atoms with Gasteiger partial charge in [-0.05, 0) is 0 Å². The summed E-state index contributed by atoms with van der Waals surface area (Å²) in [7, 11) is 0. The molecule has 1 heterocycles. The van der Waals surface area contributed by atoms with Crippen LogP contribution in [0.4, 0.5) is 0 Å². The summed E-state index contributed by atoms with van der Waals surface area (Å²) in [6.45, 7) is 2.50. The van der Waals surface area contributed by atoms with Gasteiger partial charge in [0.15, 0.2) is 0 Å². The molecule has 1 unspecified atom stereocenters. The Kier molecular flexibility index (Phi) is 5.12. The summed E-state index contributed by atoms with van der Waals surface area (Å²) in [5.41, 5.74) is 5.91. The van der Waals surface area contributed by atoms with Gasteiger partial charge in [-0.25, -0.2) is 0 Å². The fourth-order valence-electron chi connectivity index (χ4n) is 1.72. The Balaban J connectivity index is 2.34. The molecule has 1 saturated heterocycles. The number of rotatable bonds is 5. The van der Waals surface area contributed by atoms with Crippen molar-refractivity contribution in [1.29, 1.82) is 0 Å². The van der Waals surface area contributed by atoms with E-state index < -0.39 is 0 Å². The second-order valence-corrected chi connectivity index (χ2v) is 6.18. The van der Waals surface area contributed by atoms with Gasteiger partial charge >= 0.3 is 89.4 Å². The van der Waals surface area contributed by atoms with Crippen molar-refractivity contribution in [3.8, 4) is 0 Å². The minimum atomic E-state index is 0.125. The van der Waals surface area contributed by atoms with Crippen molar-refractivity contribution in [2.24, 2.45) is 10.9 Å². The number of alkyl halides is 2. The van der Waals surface area contributed by atoms with Crippen LogP contribution in [-0.2, 0) is 0 Å². The molecule has 1 aliphatic heterocycles. The van der Waals surface area contributed by atoms with E-state index in [1.54, 1.807) is 0 Å². The van der Waals surface area contributed by atoms with Crippen molar-refractivity contribution in [3.63, 3.8) is 0 Å². The first-order chi connectivity index (χ1) is 6.27. The molecule has 4 nitrogen and oxygen atoms in total. The van der Waals surface area contributed by atoms with Gasteiger partial charge in [0.2, 0.25) is 0 Å². The monoisotopic (exact) mass is 298 g/mol. The molecule has 0 amide bonds. The van der Waals surface area contributed by atoms with E-state index in [1.165, 1.54) is 6.42 Å². The van der Waals surface area contributed by atoms with Crippen molar-refractivity contribution in [3.05, 3.63) is 4.91 Å². The van der Waals surface area contributed by atoms with E-state index in [9.17, 15) is 4.91 Å². The summed E-state index contributed by atoms with van der Waals surface area (Å²) < 4.78 is 0.353. The first kappa shape index (κ1) is 11.3. The Morgan fingerprint density at radius 1 is 1.77 bits per heavy atom. The van der Waals surface area contributed by atoms with Crippen LogP contribution in [0.3, 0.4) is 0 Å². The quantitative estimate of drug-likeness (QED) is 0.259. The molecule has 0 saturated carbocycles. The van der Waals surface area contributed by atoms with Crippen LogP contribution in [0, 0.1) is 4.91 Å². The molecule has 5 heteroatoms. The molecule has 2 N–H and O–H groups in total. The Labute approximate surface area is 89.5 Å². The average Bonchev–Trinajstić information content (AvgIpc) is 2.54. The molecule has 0 aliphatic carbocycles. The third-order valence-electron chi connectivity index (χ3n) is 2.47.